The molecular weight excluding hydrogens is 217 g/mol. The maximum atomic E-state index is 13.1. The largest absolute Gasteiger partial charge is 0.314 e. The minimum Gasteiger partial charge on any atom is -0.314 e. The van der Waals surface area contributed by atoms with Gasteiger partial charge in [-0.25, -0.2) is 4.39 Å². The van der Waals surface area contributed by atoms with Crippen LogP contribution in [0.15, 0.2) is 36.5 Å². The first-order chi connectivity index (χ1) is 7.20. The predicted octanol–water partition coefficient (Wildman–Crippen LogP) is 3.08. The zero-order chi connectivity index (χ0) is 10.8. The summed E-state index contributed by atoms with van der Waals surface area (Å²) in [6.07, 6.45) is 2.38. The number of hydrogen-bond acceptors (Lipinski definition) is 1. The second-order valence-corrected chi connectivity index (χ2v) is 3.48. The van der Waals surface area contributed by atoms with E-state index in [1.165, 1.54) is 12.1 Å². The van der Waals surface area contributed by atoms with Crippen LogP contribution in [0.2, 0.25) is 5.02 Å². The fraction of sp³-hybridized carbons (Fsp3) is 0. The summed E-state index contributed by atoms with van der Waals surface area (Å²) in [5, 5.41) is 0.301. The number of hydrogen-bond donors (Lipinski definition) is 0. The molecule has 0 unspecified atom stereocenters. The first kappa shape index (κ1) is 9.93. The lowest BCUT2D eigenvalue weighted by atomic mass is 10.3. The molecule has 0 aliphatic rings. The van der Waals surface area contributed by atoms with Crippen molar-refractivity contribution in [3.63, 3.8) is 0 Å². The Balaban J connectivity index is 2.58. The van der Waals surface area contributed by atoms with Gasteiger partial charge in [0.05, 0.1) is 11.4 Å². The lowest BCUT2D eigenvalue weighted by Crippen LogP contribution is -1.97. The van der Waals surface area contributed by atoms with Crippen molar-refractivity contribution >= 4 is 17.9 Å². The molecule has 0 aliphatic carbocycles. The molecule has 0 fully saturated rings. The highest BCUT2D eigenvalue weighted by Gasteiger charge is 2.04. The van der Waals surface area contributed by atoms with Gasteiger partial charge in [-0.15, -0.1) is 0 Å². The zero-order valence-electron chi connectivity index (χ0n) is 7.65. The molecule has 0 N–H and O–H groups in total. The van der Waals surface area contributed by atoms with E-state index in [4.69, 9.17) is 11.6 Å². The maximum Gasteiger partial charge on any atom is 0.166 e. The molecule has 0 spiro atoms. The Morgan fingerprint density at radius 2 is 2.13 bits per heavy atom. The predicted molar refractivity (Wildman–Crippen MR) is 56.1 cm³/mol. The summed E-state index contributed by atoms with van der Waals surface area (Å²) in [7, 11) is 0. The molecule has 0 bridgehead atoms. The molecule has 0 radical (unpaired) electrons. The Bertz CT molecular complexity index is 487. The second kappa shape index (κ2) is 3.87. The lowest BCUT2D eigenvalue weighted by molar-refractivity contribution is 0.111. The van der Waals surface area contributed by atoms with Crippen LogP contribution in [0.5, 0.6) is 0 Å². The van der Waals surface area contributed by atoms with Gasteiger partial charge in [0.1, 0.15) is 5.82 Å². The van der Waals surface area contributed by atoms with Crippen LogP contribution in [0.1, 0.15) is 10.5 Å². The topological polar surface area (TPSA) is 22.0 Å². The van der Waals surface area contributed by atoms with Crippen molar-refractivity contribution in [2.24, 2.45) is 0 Å². The highest BCUT2D eigenvalue weighted by Crippen LogP contribution is 2.18. The van der Waals surface area contributed by atoms with E-state index in [0.717, 1.165) is 0 Å². The number of carbonyl (C=O) groups is 1. The fourth-order valence-electron chi connectivity index (χ4n) is 1.40. The highest BCUT2D eigenvalue weighted by atomic mass is 35.5. The molecule has 76 valence electrons. The molecular formula is C11H7ClFNO. The van der Waals surface area contributed by atoms with Crippen LogP contribution in [-0.2, 0) is 0 Å². The Kier molecular flexibility index (Phi) is 2.56. The van der Waals surface area contributed by atoms with Crippen molar-refractivity contribution in [1.82, 2.24) is 4.57 Å². The number of rotatable bonds is 2. The van der Waals surface area contributed by atoms with E-state index in [1.54, 1.807) is 29.0 Å². The number of aldehydes is 1. The molecule has 0 aliphatic heterocycles. The molecule has 2 nitrogen and oxygen atoms in total. The average Bonchev–Trinajstić information content (AvgIpc) is 2.63. The van der Waals surface area contributed by atoms with E-state index >= 15 is 0 Å². The van der Waals surface area contributed by atoms with Crippen molar-refractivity contribution in [3.8, 4) is 5.69 Å². The van der Waals surface area contributed by atoms with Crippen LogP contribution in [0.4, 0.5) is 4.39 Å². The van der Waals surface area contributed by atoms with Crippen molar-refractivity contribution in [3.05, 3.63) is 53.1 Å². The molecule has 15 heavy (non-hydrogen) atoms. The van der Waals surface area contributed by atoms with Gasteiger partial charge in [-0.05, 0) is 30.3 Å². The van der Waals surface area contributed by atoms with Crippen LogP contribution >= 0.6 is 11.6 Å². The summed E-state index contributed by atoms with van der Waals surface area (Å²) < 4.78 is 14.6. The van der Waals surface area contributed by atoms with Crippen LogP contribution < -0.4 is 0 Å². The standard InChI is InChI=1S/C11H7ClFNO/c12-8-4-9(13)6-11(5-8)14-3-1-2-10(14)7-15/h1-7H. The maximum absolute atomic E-state index is 13.1. The number of carbonyl (C=O) groups excluding carboxylic acids is 1. The van der Waals surface area contributed by atoms with Gasteiger partial charge in [-0.1, -0.05) is 11.6 Å². The molecule has 0 saturated heterocycles. The third-order valence-electron chi connectivity index (χ3n) is 2.03. The monoisotopic (exact) mass is 223 g/mol. The number of aromatic nitrogens is 1. The number of nitrogens with zero attached hydrogens (tertiary/aromatic N) is 1. The molecule has 0 saturated carbocycles. The summed E-state index contributed by atoms with van der Waals surface area (Å²) >= 11 is 5.72. The minimum atomic E-state index is -0.428. The van der Waals surface area contributed by atoms with E-state index in [-0.39, 0.29) is 0 Å². The van der Waals surface area contributed by atoms with Gasteiger partial charge in [0, 0.05) is 11.2 Å². The third-order valence-corrected chi connectivity index (χ3v) is 2.24. The molecule has 2 aromatic rings. The third kappa shape index (κ3) is 1.92. The van der Waals surface area contributed by atoms with Crippen molar-refractivity contribution in [1.29, 1.82) is 0 Å². The molecule has 2 rings (SSSR count). The van der Waals surface area contributed by atoms with Gasteiger partial charge in [-0.3, -0.25) is 4.79 Å². The van der Waals surface area contributed by atoms with E-state index in [2.05, 4.69) is 0 Å². The molecule has 4 heteroatoms. The fourth-order valence-corrected chi connectivity index (χ4v) is 1.62. The van der Waals surface area contributed by atoms with E-state index < -0.39 is 5.82 Å². The molecule has 1 aromatic heterocycles. The van der Waals surface area contributed by atoms with Crippen molar-refractivity contribution < 1.29 is 9.18 Å². The van der Waals surface area contributed by atoms with Crippen LogP contribution in [-0.4, -0.2) is 10.9 Å². The van der Waals surface area contributed by atoms with Gasteiger partial charge in [-0.2, -0.15) is 0 Å². The van der Waals surface area contributed by atoms with E-state index in [1.807, 2.05) is 0 Å². The van der Waals surface area contributed by atoms with Crippen LogP contribution in [0.25, 0.3) is 5.69 Å². The van der Waals surface area contributed by atoms with Crippen molar-refractivity contribution in [2.45, 2.75) is 0 Å². The summed E-state index contributed by atoms with van der Waals surface area (Å²) in [4.78, 5) is 10.7. The zero-order valence-corrected chi connectivity index (χ0v) is 8.41. The number of halogens is 2. The molecule has 1 heterocycles. The second-order valence-electron chi connectivity index (χ2n) is 3.05. The van der Waals surface area contributed by atoms with E-state index in [0.29, 0.717) is 22.7 Å². The normalized spacial score (nSPS) is 10.3. The van der Waals surface area contributed by atoms with Gasteiger partial charge in [0.15, 0.2) is 6.29 Å². The SMILES string of the molecule is O=Cc1cccn1-c1cc(F)cc(Cl)c1. The molecule has 0 atom stereocenters. The Morgan fingerprint density at radius 3 is 2.80 bits per heavy atom. The quantitative estimate of drug-likeness (QED) is 0.717. The summed E-state index contributed by atoms with van der Waals surface area (Å²) in [6, 6.07) is 7.49. The Morgan fingerprint density at radius 1 is 1.33 bits per heavy atom. The summed E-state index contributed by atoms with van der Waals surface area (Å²) in [5.41, 5.74) is 0.990. The molecule has 1 aromatic carbocycles. The molecule has 0 amide bonds. The average molecular weight is 224 g/mol. The minimum absolute atomic E-state index is 0.301. The first-order valence-corrected chi connectivity index (χ1v) is 4.67. The Labute approximate surface area is 90.9 Å². The van der Waals surface area contributed by atoms with E-state index in [9.17, 15) is 9.18 Å². The summed E-state index contributed by atoms with van der Waals surface area (Å²) in [5.74, 6) is -0.428. The van der Waals surface area contributed by atoms with Gasteiger partial charge < -0.3 is 4.57 Å². The number of benzene rings is 1. The van der Waals surface area contributed by atoms with Gasteiger partial charge >= 0.3 is 0 Å². The smallest absolute Gasteiger partial charge is 0.166 e. The first-order valence-electron chi connectivity index (χ1n) is 4.30. The van der Waals surface area contributed by atoms with Gasteiger partial charge in [0.25, 0.3) is 0 Å². The van der Waals surface area contributed by atoms with Crippen LogP contribution in [0, 0.1) is 5.82 Å². The van der Waals surface area contributed by atoms with Crippen LogP contribution in [0.3, 0.4) is 0 Å². The van der Waals surface area contributed by atoms with Gasteiger partial charge in [0.2, 0.25) is 0 Å². The van der Waals surface area contributed by atoms with Crippen molar-refractivity contribution in [2.75, 3.05) is 0 Å². The Hall–Kier alpha value is -1.61. The highest BCUT2D eigenvalue weighted by molar-refractivity contribution is 6.30. The summed E-state index contributed by atoms with van der Waals surface area (Å²) in [6.45, 7) is 0. The lowest BCUT2D eigenvalue weighted by Gasteiger charge is -2.05.